The van der Waals surface area contributed by atoms with Gasteiger partial charge in [-0.15, -0.1) is 0 Å². The van der Waals surface area contributed by atoms with Crippen LogP contribution >= 0.6 is 28.1 Å². The van der Waals surface area contributed by atoms with Crippen molar-refractivity contribution in [3.63, 3.8) is 0 Å². The van der Waals surface area contributed by atoms with Crippen molar-refractivity contribution in [2.45, 2.75) is 6.54 Å². The van der Waals surface area contributed by atoms with Crippen molar-refractivity contribution in [3.8, 4) is 5.75 Å². The molecule has 0 aliphatic heterocycles. The minimum Gasteiger partial charge on any atom is -0.496 e. The molecule has 0 radical (unpaired) electrons. The standard InChI is InChI=1S/C9H8BrNOS/c1-12-9-3-2-7(4-8(9)10)5-11-6-13/h2-4H,5H2,1H3. The third-order valence-corrected chi connectivity index (χ3v) is 2.29. The van der Waals surface area contributed by atoms with Gasteiger partial charge < -0.3 is 4.74 Å². The van der Waals surface area contributed by atoms with Gasteiger partial charge in [0.25, 0.3) is 0 Å². The predicted octanol–water partition coefficient (Wildman–Crippen LogP) is 3.06. The molecule has 4 heteroatoms. The van der Waals surface area contributed by atoms with Gasteiger partial charge in [0.1, 0.15) is 5.75 Å². The quantitative estimate of drug-likeness (QED) is 0.614. The number of nitrogens with zero attached hydrogens (tertiary/aromatic N) is 1. The van der Waals surface area contributed by atoms with Crippen LogP contribution in [0, 0.1) is 0 Å². The lowest BCUT2D eigenvalue weighted by atomic mass is 10.2. The van der Waals surface area contributed by atoms with E-state index in [2.05, 4.69) is 38.3 Å². The fraction of sp³-hybridized carbons (Fsp3) is 0.222. The number of benzene rings is 1. The molecular formula is C9H8BrNOS. The van der Waals surface area contributed by atoms with Crippen LogP contribution in [0.25, 0.3) is 0 Å². The monoisotopic (exact) mass is 257 g/mol. The summed E-state index contributed by atoms with van der Waals surface area (Å²) in [6, 6.07) is 5.78. The van der Waals surface area contributed by atoms with Gasteiger partial charge in [-0.1, -0.05) is 6.07 Å². The van der Waals surface area contributed by atoms with Crippen LogP contribution < -0.4 is 4.74 Å². The number of thiocarbonyl (C=S) groups is 1. The third kappa shape index (κ3) is 2.92. The largest absolute Gasteiger partial charge is 0.496 e. The number of ether oxygens (including phenoxy) is 1. The van der Waals surface area contributed by atoms with Crippen molar-refractivity contribution < 1.29 is 4.74 Å². The smallest absolute Gasteiger partial charge is 0.133 e. The van der Waals surface area contributed by atoms with Gasteiger partial charge in [0.2, 0.25) is 0 Å². The number of hydrogen-bond donors (Lipinski definition) is 0. The van der Waals surface area contributed by atoms with Crippen molar-refractivity contribution in [2.24, 2.45) is 4.99 Å². The molecule has 0 fully saturated rings. The van der Waals surface area contributed by atoms with Crippen LogP contribution in [0.4, 0.5) is 0 Å². The second kappa shape index (κ2) is 5.12. The first-order chi connectivity index (χ1) is 6.27. The zero-order valence-corrected chi connectivity index (χ0v) is 9.48. The molecule has 68 valence electrons. The Bertz CT molecular complexity index is 347. The van der Waals surface area contributed by atoms with Gasteiger partial charge in [-0.25, -0.2) is 4.99 Å². The molecular weight excluding hydrogens is 250 g/mol. The third-order valence-electron chi connectivity index (χ3n) is 1.54. The van der Waals surface area contributed by atoms with Crippen molar-refractivity contribution in [1.29, 1.82) is 0 Å². The molecule has 1 rings (SSSR count). The molecule has 0 heterocycles. The first-order valence-corrected chi connectivity index (χ1v) is 4.84. The molecule has 0 amide bonds. The Labute approximate surface area is 90.8 Å². The van der Waals surface area contributed by atoms with Crippen molar-refractivity contribution >= 4 is 33.3 Å². The van der Waals surface area contributed by atoms with Crippen LogP contribution in [0.2, 0.25) is 0 Å². The minimum absolute atomic E-state index is 0.562. The fourth-order valence-electron chi connectivity index (χ4n) is 0.932. The lowest BCUT2D eigenvalue weighted by Gasteiger charge is -2.03. The van der Waals surface area contributed by atoms with Crippen LogP contribution in [0.1, 0.15) is 5.56 Å². The number of halogens is 1. The summed E-state index contributed by atoms with van der Waals surface area (Å²) < 4.78 is 6.01. The van der Waals surface area contributed by atoms with E-state index >= 15 is 0 Å². The summed E-state index contributed by atoms with van der Waals surface area (Å²) in [7, 11) is 1.63. The Balaban J connectivity index is 2.88. The van der Waals surface area contributed by atoms with E-state index in [4.69, 9.17) is 4.74 Å². The fourth-order valence-corrected chi connectivity index (χ4v) is 1.58. The average Bonchev–Trinajstić information content (AvgIpc) is 2.15. The lowest BCUT2D eigenvalue weighted by molar-refractivity contribution is 0.412. The first kappa shape index (κ1) is 10.4. The van der Waals surface area contributed by atoms with E-state index in [-0.39, 0.29) is 0 Å². The van der Waals surface area contributed by atoms with E-state index < -0.39 is 0 Å². The summed E-state index contributed by atoms with van der Waals surface area (Å²) >= 11 is 7.87. The van der Waals surface area contributed by atoms with E-state index in [1.54, 1.807) is 7.11 Å². The Morgan fingerprint density at radius 2 is 2.38 bits per heavy atom. The van der Waals surface area contributed by atoms with Gasteiger partial charge in [-0.05, 0) is 45.8 Å². The van der Waals surface area contributed by atoms with Gasteiger partial charge in [-0.3, -0.25) is 0 Å². The second-order valence-corrected chi connectivity index (χ2v) is 3.41. The molecule has 0 aliphatic rings. The van der Waals surface area contributed by atoms with E-state index in [0.717, 1.165) is 15.8 Å². The maximum atomic E-state index is 5.09. The number of methoxy groups -OCH3 is 1. The summed E-state index contributed by atoms with van der Waals surface area (Å²) in [5.74, 6) is 0.815. The molecule has 0 aliphatic carbocycles. The zero-order valence-electron chi connectivity index (χ0n) is 7.08. The zero-order chi connectivity index (χ0) is 9.68. The molecule has 0 atom stereocenters. The highest BCUT2D eigenvalue weighted by Gasteiger charge is 1.99. The SMILES string of the molecule is COc1ccc(CN=C=S)cc1Br. The van der Waals surface area contributed by atoms with Gasteiger partial charge >= 0.3 is 0 Å². The summed E-state index contributed by atoms with van der Waals surface area (Å²) in [5.41, 5.74) is 1.07. The molecule has 0 unspecified atom stereocenters. The Morgan fingerprint density at radius 1 is 1.62 bits per heavy atom. The minimum atomic E-state index is 0.562. The van der Waals surface area contributed by atoms with Gasteiger partial charge in [0, 0.05) is 0 Å². The molecule has 13 heavy (non-hydrogen) atoms. The van der Waals surface area contributed by atoms with Gasteiger partial charge in [0.15, 0.2) is 0 Å². The molecule has 0 saturated heterocycles. The number of rotatable bonds is 3. The molecule has 0 aromatic heterocycles. The topological polar surface area (TPSA) is 21.6 Å². The Kier molecular flexibility index (Phi) is 4.09. The first-order valence-electron chi connectivity index (χ1n) is 3.64. The Morgan fingerprint density at radius 3 is 2.92 bits per heavy atom. The molecule has 1 aromatic carbocycles. The van der Waals surface area contributed by atoms with E-state index in [9.17, 15) is 0 Å². The summed E-state index contributed by atoms with van der Waals surface area (Å²) in [6.07, 6.45) is 0. The molecule has 0 bridgehead atoms. The van der Waals surface area contributed by atoms with Crippen LogP contribution in [-0.4, -0.2) is 12.3 Å². The van der Waals surface area contributed by atoms with Crippen LogP contribution in [-0.2, 0) is 6.54 Å². The molecule has 0 spiro atoms. The van der Waals surface area contributed by atoms with Crippen LogP contribution in [0.15, 0.2) is 27.7 Å². The normalized spacial score (nSPS) is 9.08. The highest BCUT2D eigenvalue weighted by Crippen LogP contribution is 2.25. The number of isothiocyanates is 1. The van der Waals surface area contributed by atoms with Crippen molar-refractivity contribution in [1.82, 2.24) is 0 Å². The van der Waals surface area contributed by atoms with E-state index in [1.165, 1.54) is 0 Å². The average molecular weight is 258 g/mol. The van der Waals surface area contributed by atoms with E-state index in [1.807, 2.05) is 18.2 Å². The van der Waals surface area contributed by atoms with Gasteiger partial charge in [0.05, 0.1) is 23.3 Å². The lowest BCUT2D eigenvalue weighted by Crippen LogP contribution is -1.86. The second-order valence-electron chi connectivity index (χ2n) is 2.38. The molecule has 0 N–H and O–H groups in total. The predicted molar refractivity (Wildman–Crippen MR) is 59.4 cm³/mol. The van der Waals surface area contributed by atoms with Crippen LogP contribution in [0.3, 0.4) is 0 Å². The summed E-state index contributed by atoms with van der Waals surface area (Å²) in [4.78, 5) is 3.84. The number of hydrogen-bond acceptors (Lipinski definition) is 3. The summed E-state index contributed by atoms with van der Waals surface area (Å²) in [5, 5.41) is 2.33. The maximum absolute atomic E-state index is 5.09. The van der Waals surface area contributed by atoms with Crippen LogP contribution in [0.5, 0.6) is 5.75 Å². The van der Waals surface area contributed by atoms with Gasteiger partial charge in [-0.2, -0.15) is 0 Å². The highest BCUT2D eigenvalue weighted by molar-refractivity contribution is 9.10. The number of aliphatic imine (C=N–C) groups is 1. The Hall–Kier alpha value is -0.700. The maximum Gasteiger partial charge on any atom is 0.133 e. The molecule has 2 nitrogen and oxygen atoms in total. The van der Waals surface area contributed by atoms with E-state index in [0.29, 0.717) is 6.54 Å². The van der Waals surface area contributed by atoms with Crippen molar-refractivity contribution in [2.75, 3.05) is 7.11 Å². The van der Waals surface area contributed by atoms with Crippen molar-refractivity contribution in [3.05, 3.63) is 28.2 Å². The summed E-state index contributed by atoms with van der Waals surface area (Å²) in [6.45, 7) is 0.562. The molecule has 0 saturated carbocycles. The highest BCUT2D eigenvalue weighted by atomic mass is 79.9. The molecule has 1 aromatic rings.